The van der Waals surface area contributed by atoms with E-state index in [1.807, 2.05) is 13.0 Å². The molecule has 33 heavy (non-hydrogen) atoms. The van der Waals surface area contributed by atoms with Crippen molar-refractivity contribution in [2.45, 2.75) is 56.7 Å². The summed E-state index contributed by atoms with van der Waals surface area (Å²) in [6.45, 7) is 5.54. The van der Waals surface area contributed by atoms with Gasteiger partial charge in [-0.15, -0.1) is 0 Å². The molecule has 0 spiro atoms. The van der Waals surface area contributed by atoms with E-state index in [2.05, 4.69) is 32.6 Å². The Morgan fingerprint density at radius 1 is 1.15 bits per heavy atom. The molecule has 0 aromatic carbocycles. The monoisotopic (exact) mass is 570 g/mol. The van der Waals surface area contributed by atoms with E-state index < -0.39 is 42.4 Å². The van der Waals surface area contributed by atoms with Gasteiger partial charge in [0.15, 0.2) is 24.1 Å². The quantitative estimate of drug-likeness (QED) is 0.205. The fourth-order valence-corrected chi connectivity index (χ4v) is 4.62. The second kappa shape index (κ2) is 9.25. The van der Waals surface area contributed by atoms with E-state index in [1.54, 1.807) is 10.9 Å². The van der Waals surface area contributed by atoms with Crippen molar-refractivity contribution in [2.75, 3.05) is 6.61 Å². The summed E-state index contributed by atoms with van der Waals surface area (Å²) in [7, 11) is 0. The summed E-state index contributed by atoms with van der Waals surface area (Å²) >= 11 is 2.25. The summed E-state index contributed by atoms with van der Waals surface area (Å²) < 4.78 is 24.5. The maximum Gasteiger partial charge on any atom is 0.303 e. The molecule has 3 aromatic heterocycles. The van der Waals surface area contributed by atoms with E-state index in [0.717, 1.165) is 22.3 Å². The van der Waals surface area contributed by atoms with Crippen LogP contribution in [0.25, 0.3) is 22.1 Å². The SMILES string of the molecule is CC(=O)OC[C@H]1O[C@@H](n2cnc3c4[nH]c(C)cc4c(CI)nc32)[C@H](OC(C)=O)[C@@H]1OC(C)=O. The number of hydrogen-bond donors (Lipinski definition) is 1. The third-order valence-corrected chi connectivity index (χ3v) is 5.97. The Balaban J connectivity index is 1.82. The first kappa shape index (κ1) is 23.4. The normalized spacial score (nSPS) is 22.6. The number of halogens is 1. The van der Waals surface area contributed by atoms with Gasteiger partial charge < -0.3 is 23.9 Å². The molecule has 4 atom stereocenters. The van der Waals surface area contributed by atoms with E-state index in [-0.39, 0.29) is 6.61 Å². The summed E-state index contributed by atoms with van der Waals surface area (Å²) in [5, 5.41) is 0.981. The number of carbonyl (C=O) groups excluding carboxylic acids is 3. The standard InChI is InChI=1S/C21H23IN4O7/c1-9-5-13-14(6-22)25-20-17(16(13)24-9)23-8-26(20)21-19(32-12(4)29)18(31-11(3)28)15(33-21)7-30-10(2)27/h5,8,15,18-19,21,24H,6-7H2,1-4H3/t15-,18-,19-,21-/m1/s1. The number of ether oxygens (including phenoxy) is 4. The molecule has 0 amide bonds. The lowest BCUT2D eigenvalue weighted by Gasteiger charge is -2.23. The Morgan fingerprint density at radius 3 is 2.48 bits per heavy atom. The van der Waals surface area contributed by atoms with Gasteiger partial charge in [0.1, 0.15) is 18.2 Å². The molecule has 1 saturated heterocycles. The average Bonchev–Trinajstić information content (AvgIpc) is 3.40. The lowest BCUT2D eigenvalue weighted by molar-refractivity contribution is -0.166. The van der Waals surface area contributed by atoms with Gasteiger partial charge in [0.2, 0.25) is 0 Å². The molecule has 0 saturated carbocycles. The summed E-state index contributed by atoms with van der Waals surface area (Å²) in [4.78, 5) is 47.7. The first-order chi connectivity index (χ1) is 15.7. The number of imidazole rings is 1. The second-order valence-corrected chi connectivity index (χ2v) is 8.54. The van der Waals surface area contributed by atoms with Crippen LogP contribution in [0.2, 0.25) is 0 Å². The molecule has 3 aromatic rings. The highest BCUT2D eigenvalue weighted by Crippen LogP contribution is 2.37. The molecule has 1 aliphatic rings. The lowest BCUT2D eigenvalue weighted by Crippen LogP contribution is -2.40. The number of aromatic amines is 1. The predicted octanol–water partition coefficient (Wildman–Crippen LogP) is 2.48. The summed E-state index contributed by atoms with van der Waals surface area (Å²) in [6.07, 6.45) is -2.22. The van der Waals surface area contributed by atoms with Gasteiger partial charge in [-0.25, -0.2) is 9.97 Å². The molecule has 1 fully saturated rings. The number of rotatable bonds is 6. The molecule has 11 nitrogen and oxygen atoms in total. The predicted molar refractivity (Wildman–Crippen MR) is 123 cm³/mol. The zero-order valence-corrected chi connectivity index (χ0v) is 20.6. The Morgan fingerprint density at radius 2 is 1.85 bits per heavy atom. The first-order valence-corrected chi connectivity index (χ1v) is 11.8. The number of carbonyl (C=O) groups is 3. The Hall–Kier alpha value is -2.74. The molecule has 0 unspecified atom stereocenters. The van der Waals surface area contributed by atoms with Gasteiger partial charge in [-0.2, -0.15) is 0 Å². The van der Waals surface area contributed by atoms with E-state index in [1.165, 1.54) is 20.8 Å². The molecule has 12 heteroatoms. The van der Waals surface area contributed by atoms with E-state index in [4.69, 9.17) is 23.9 Å². The Kier molecular flexibility index (Phi) is 6.56. The molecule has 1 aliphatic heterocycles. The molecule has 176 valence electrons. The highest BCUT2D eigenvalue weighted by atomic mass is 127. The van der Waals surface area contributed by atoms with Crippen LogP contribution in [0.15, 0.2) is 12.4 Å². The summed E-state index contributed by atoms with van der Waals surface area (Å²) in [5.74, 6) is -1.68. The van der Waals surface area contributed by atoms with Gasteiger partial charge in [0.25, 0.3) is 0 Å². The molecule has 0 aliphatic carbocycles. The van der Waals surface area contributed by atoms with Crippen LogP contribution in [0.1, 0.15) is 38.4 Å². The molecule has 0 bridgehead atoms. The number of aryl methyl sites for hydroxylation is 1. The number of pyridine rings is 1. The second-order valence-electron chi connectivity index (χ2n) is 7.77. The fraction of sp³-hybridized carbons (Fsp3) is 0.476. The minimum absolute atomic E-state index is 0.180. The van der Waals surface area contributed by atoms with Gasteiger partial charge in [-0.3, -0.25) is 19.0 Å². The number of esters is 3. The van der Waals surface area contributed by atoms with Crippen molar-refractivity contribution in [3.63, 3.8) is 0 Å². The van der Waals surface area contributed by atoms with E-state index in [0.29, 0.717) is 15.6 Å². The van der Waals surface area contributed by atoms with Crippen molar-refractivity contribution >= 4 is 62.6 Å². The van der Waals surface area contributed by atoms with Crippen molar-refractivity contribution in [3.8, 4) is 0 Å². The number of alkyl halides is 1. The van der Waals surface area contributed by atoms with Gasteiger partial charge in [0.05, 0.1) is 17.5 Å². The van der Waals surface area contributed by atoms with Crippen LogP contribution >= 0.6 is 22.6 Å². The Bertz CT molecular complexity index is 1240. The number of H-pyrrole nitrogens is 1. The van der Waals surface area contributed by atoms with Crippen molar-refractivity contribution in [1.29, 1.82) is 0 Å². The van der Waals surface area contributed by atoms with E-state index in [9.17, 15) is 14.4 Å². The largest absolute Gasteiger partial charge is 0.463 e. The number of hydrogen-bond acceptors (Lipinski definition) is 9. The van der Waals surface area contributed by atoms with Crippen molar-refractivity contribution in [2.24, 2.45) is 0 Å². The number of fused-ring (bicyclic) bond motifs is 3. The van der Waals surface area contributed by atoms with Crippen LogP contribution in [0.5, 0.6) is 0 Å². The number of aromatic nitrogens is 4. The lowest BCUT2D eigenvalue weighted by atomic mass is 10.1. The summed E-state index contributed by atoms with van der Waals surface area (Å²) in [5.41, 5.74) is 3.83. The zero-order chi connectivity index (χ0) is 23.9. The molecular weight excluding hydrogens is 547 g/mol. The summed E-state index contributed by atoms with van der Waals surface area (Å²) in [6, 6.07) is 2.02. The number of nitrogens with zero attached hydrogens (tertiary/aromatic N) is 3. The topological polar surface area (TPSA) is 135 Å². The molecule has 4 rings (SSSR count). The third-order valence-electron chi connectivity index (χ3n) is 5.25. The minimum atomic E-state index is -1.00. The first-order valence-electron chi connectivity index (χ1n) is 10.2. The number of nitrogens with one attached hydrogen (secondary N) is 1. The Labute approximate surface area is 202 Å². The molecule has 4 heterocycles. The van der Waals surface area contributed by atoms with Gasteiger partial charge in [0, 0.05) is 36.3 Å². The van der Waals surface area contributed by atoms with Crippen LogP contribution in [-0.4, -0.2) is 62.3 Å². The van der Waals surface area contributed by atoms with E-state index >= 15 is 0 Å². The maximum atomic E-state index is 11.9. The van der Waals surface area contributed by atoms with Crippen LogP contribution in [-0.2, 0) is 37.8 Å². The van der Waals surface area contributed by atoms with Crippen molar-refractivity contribution in [1.82, 2.24) is 19.5 Å². The van der Waals surface area contributed by atoms with Crippen LogP contribution in [0, 0.1) is 6.92 Å². The van der Waals surface area contributed by atoms with Gasteiger partial charge >= 0.3 is 17.9 Å². The van der Waals surface area contributed by atoms with Gasteiger partial charge in [-0.1, -0.05) is 22.6 Å². The zero-order valence-electron chi connectivity index (χ0n) is 18.5. The van der Waals surface area contributed by atoms with Crippen molar-refractivity contribution < 1.29 is 33.3 Å². The third kappa shape index (κ3) is 4.53. The van der Waals surface area contributed by atoms with Crippen molar-refractivity contribution in [3.05, 3.63) is 23.8 Å². The smallest absolute Gasteiger partial charge is 0.303 e. The molecule has 0 radical (unpaired) electrons. The van der Waals surface area contributed by atoms with Gasteiger partial charge in [-0.05, 0) is 13.0 Å². The van der Waals surface area contributed by atoms with Crippen LogP contribution in [0.3, 0.4) is 0 Å². The maximum absolute atomic E-state index is 11.9. The fourth-order valence-electron chi connectivity index (χ4n) is 4.04. The molecule has 1 N–H and O–H groups in total. The van der Waals surface area contributed by atoms with Crippen LogP contribution in [0.4, 0.5) is 0 Å². The molecular formula is C21H23IN4O7. The highest BCUT2D eigenvalue weighted by molar-refractivity contribution is 14.1. The minimum Gasteiger partial charge on any atom is -0.463 e. The van der Waals surface area contributed by atoms with Crippen LogP contribution < -0.4 is 0 Å². The highest BCUT2D eigenvalue weighted by Gasteiger charge is 2.51. The average molecular weight is 570 g/mol.